The maximum Gasteiger partial charge on any atom is 0.335 e. The van der Waals surface area contributed by atoms with Crippen LogP contribution in [0, 0.1) is 12.8 Å². The molecule has 52 heavy (non-hydrogen) atoms. The van der Waals surface area contributed by atoms with Gasteiger partial charge in [0, 0.05) is 39.3 Å². The number of carboxylic acids is 1. The minimum atomic E-state index is -1.88. The molecule has 2 fully saturated rings. The number of hydrogen-bond donors (Lipinski definition) is 3. The quantitative estimate of drug-likeness (QED) is 0.113. The summed E-state index contributed by atoms with van der Waals surface area (Å²) in [6.07, 6.45) is 4.30. The molecule has 0 aromatic heterocycles. The molecule has 282 valence electrons. The lowest BCUT2D eigenvalue weighted by Gasteiger charge is -2.36. The number of aliphatic carboxylic acids is 1. The number of nitrogens with one attached hydrogen (secondary N) is 1. The maximum atomic E-state index is 14.4. The molecular weight excluding hydrogens is 707 g/mol. The van der Waals surface area contributed by atoms with Crippen molar-refractivity contribution in [1.82, 2.24) is 10.2 Å². The van der Waals surface area contributed by atoms with E-state index in [4.69, 9.17) is 42.1 Å². The van der Waals surface area contributed by atoms with E-state index in [0.29, 0.717) is 53.6 Å². The summed E-state index contributed by atoms with van der Waals surface area (Å²) in [5.41, 5.74) is 2.18. The smallest absolute Gasteiger partial charge is 0.335 e. The lowest BCUT2D eigenvalue weighted by atomic mass is 9.80. The molecule has 1 aliphatic heterocycles. The van der Waals surface area contributed by atoms with Crippen LogP contribution in [0.15, 0.2) is 54.6 Å². The van der Waals surface area contributed by atoms with Crippen LogP contribution in [-0.2, 0) is 27.3 Å². The standard InChI is InChI=1S/C40H50Cl2N2O8/c1-26-19-35(41)37(36(42)20-26)52-18-17-51-31-10-6-29(7-11-31)33-12-14-43-24-34(33)38(45)44(30-8-9-30)25-28-21-27(5-4-15-49-3)22-32(23-28)50-16-13-40(2,48)39(46)47/h6-7,10-11,19-23,30,33-34,43,48H,4-5,8-9,12-18,24-25H2,1-3H3,(H,46,47)/t33-,34+,40-/m1/s1. The molecule has 1 aliphatic carbocycles. The van der Waals surface area contributed by atoms with Crippen LogP contribution in [-0.4, -0.2) is 85.3 Å². The number of benzene rings is 3. The van der Waals surface area contributed by atoms with Crippen molar-refractivity contribution < 1.29 is 38.7 Å². The number of halogens is 2. The van der Waals surface area contributed by atoms with Gasteiger partial charge in [0.15, 0.2) is 11.4 Å². The molecule has 10 nitrogen and oxygen atoms in total. The third kappa shape index (κ3) is 11.0. The first-order valence-corrected chi connectivity index (χ1v) is 18.7. The van der Waals surface area contributed by atoms with Crippen molar-refractivity contribution in [3.63, 3.8) is 0 Å². The highest BCUT2D eigenvalue weighted by molar-refractivity contribution is 6.37. The van der Waals surface area contributed by atoms with Crippen molar-refractivity contribution in [2.45, 2.75) is 76.5 Å². The first kappa shape index (κ1) is 39.7. The van der Waals surface area contributed by atoms with E-state index in [1.54, 1.807) is 7.11 Å². The van der Waals surface area contributed by atoms with Crippen LogP contribution in [0.1, 0.15) is 67.2 Å². The molecule has 3 atom stereocenters. The molecule has 3 N–H and O–H groups in total. The van der Waals surface area contributed by atoms with E-state index in [1.807, 2.05) is 48.2 Å². The van der Waals surface area contributed by atoms with Crippen LogP contribution in [0.2, 0.25) is 10.0 Å². The number of amides is 1. The molecular formula is C40H50Cl2N2O8. The number of rotatable bonds is 19. The summed E-state index contributed by atoms with van der Waals surface area (Å²) in [5.74, 6) is 0.414. The lowest BCUT2D eigenvalue weighted by Crippen LogP contribution is -2.47. The minimum absolute atomic E-state index is 0.0374. The Bertz CT molecular complexity index is 1640. The van der Waals surface area contributed by atoms with E-state index >= 15 is 0 Å². The molecule has 1 amide bonds. The fourth-order valence-corrected chi connectivity index (χ4v) is 7.29. The van der Waals surface area contributed by atoms with Gasteiger partial charge in [-0.15, -0.1) is 0 Å². The number of carbonyl (C=O) groups excluding carboxylic acids is 1. The van der Waals surface area contributed by atoms with Crippen LogP contribution in [0.4, 0.5) is 0 Å². The summed E-state index contributed by atoms with van der Waals surface area (Å²) in [6.45, 7) is 6.30. The first-order chi connectivity index (χ1) is 24.9. The summed E-state index contributed by atoms with van der Waals surface area (Å²) < 4.78 is 23.0. The molecule has 1 saturated carbocycles. The predicted molar refractivity (Wildman–Crippen MR) is 201 cm³/mol. The van der Waals surface area contributed by atoms with Gasteiger partial charge in [-0.2, -0.15) is 0 Å². The van der Waals surface area contributed by atoms with Crippen LogP contribution in [0.5, 0.6) is 17.2 Å². The lowest BCUT2D eigenvalue weighted by molar-refractivity contribution is -0.157. The second-order valence-corrected chi connectivity index (χ2v) is 14.8. The molecule has 1 heterocycles. The van der Waals surface area contributed by atoms with E-state index in [1.165, 1.54) is 6.92 Å². The molecule has 12 heteroatoms. The van der Waals surface area contributed by atoms with Gasteiger partial charge in [-0.05, 0) is 117 Å². The van der Waals surface area contributed by atoms with Crippen LogP contribution in [0.3, 0.4) is 0 Å². The monoisotopic (exact) mass is 756 g/mol. The third-order valence-corrected chi connectivity index (χ3v) is 10.2. The summed E-state index contributed by atoms with van der Waals surface area (Å²) >= 11 is 12.6. The number of carbonyl (C=O) groups is 2. The van der Waals surface area contributed by atoms with Crippen molar-refractivity contribution in [3.8, 4) is 17.2 Å². The molecule has 0 unspecified atom stereocenters. The molecule has 2 aliphatic rings. The maximum absolute atomic E-state index is 14.4. The Morgan fingerprint density at radius 1 is 0.904 bits per heavy atom. The van der Waals surface area contributed by atoms with Crippen molar-refractivity contribution in [2.75, 3.05) is 46.6 Å². The SMILES string of the molecule is COCCCc1cc(CN(C(=O)[C@H]2CNCC[C@@H]2c2ccc(OCCOc3c(Cl)cc(C)cc3Cl)cc2)C2CC2)cc(OCC[C@@](C)(O)C(=O)O)c1. The Morgan fingerprint density at radius 2 is 1.58 bits per heavy atom. The van der Waals surface area contributed by atoms with Crippen LogP contribution < -0.4 is 19.5 Å². The topological polar surface area (TPSA) is 127 Å². The Balaban J connectivity index is 1.24. The molecule has 5 rings (SSSR count). The molecule has 3 aromatic rings. The number of carboxylic acid groups (broad SMARTS) is 1. The molecule has 0 bridgehead atoms. The number of aryl methyl sites for hydroxylation is 2. The summed E-state index contributed by atoms with van der Waals surface area (Å²) in [6, 6.07) is 17.8. The zero-order valence-corrected chi connectivity index (χ0v) is 31.7. The average molecular weight is 758 g/mol. The second kappa shape index (κ2) is 18.5. The Hall–Kier alpha value is -3.54. The van der Waals surface area contributed by atoms with E-state index in [9.17, 15) is 19.8 Å². The van der Waals surface area contributed by atoms with Crippen LogP contribution in [0.25, 0.3) is 0 Å². The van der Waals surface area contributed by atoms with E-state index in [0.717, 1.165) is 60.9 Å². The highest BCUT2D eigenvalue weighted by Gasteiger charge is 2.40. The molecule has 0 spiro atoms. The normalized spacial score (nSPS) is 18.3. The van der Waals surface area contributed by atoms with E-state index in [2.05, 4.69) is 23.5 Å². The molecule has 3 aromatic carbocycles. The van der Waals surface area contributed by atoms with E-state index in [-0.39, 0.29) is 43.4 Å². The van der Waals surface area contributed by atoms with Gasteiger partial charge < -0.3 is 39.4 Å². The van der Waals surface area contributed by atoms with Crippen molar-refractivity contribution in [3.05, 3.63) is 86.9 Å². The highest BCUT2D eigenvalue weighted by Crippen LogP contribution is 2.37. The first-order valence-electron chi connectivity index (χ1n) is 18.0. The van der Waals surface area contributed by atoms with Crippen LogP contribution >= 0.6 is 23.2 Å². The second-order valence-electron chi connectivity index (χ2n) is 14.0. The summed E-state index contributed by atoms with van der Waals surface area (Å²) in [5, 5.41) is 23.8. The minimum Gasteiger partial charge on any atom is -0.493 e. The zero-order valence-electron chi connectivity index (χ0n) is 30.2. The molecule has 1 saturated heterocycles. The zero-order chi connectivity index (χ0) is 37.3. The van der Waals surface area contributed by atoms with Crippen molar-refractivity contribution in [2.24, 2.45) is 5.92 Å². The Morgan fingerprint density at radius 3 is 2.25 bits per heavy atom. The number of nitrogens with zero attached hydrogens (tertiary/aromatic N) is 1. The van der Waals surface area contributed by atoms with Gasteiger partial charge in [-0.3, -0.25) is 4.79 Å². The average Bonchev–Trinajstić information content (AvgIpc) is 3.95. The number of hydrogen-bond acceptors (Lipinski definition) is 8. The summed E-state index contributed by atoms with van der Waals surface area (Å²) in [4.78, 5) is 27.8. The number of aliphatic hydroxyl groups is 1. The van der Waals surface area contributed by atoms with Gasteiger partial charge in [-0.25, -0.2) is 4.79 Å². The fraction of sp³-hybridized carbons (Fsp3) is 0.500. The highest BCUT2D eigenvalue weighted by atomic mass is 35.5. The Kier molecular flexibility index (Phi) is 14.1. The number of methoxy groups -OCH3 is 1. The number of ether oxygens (including phenoxy) is 4. The summed E-state index contributed by atoms with van der Waals surface area (Å²) in [7, 11) is 1.67. The van der Waals surface area contributed by atoms with E-state index < -0.39 is 11.6 Å². The van der Waals surface area contributed by atoms with Gasteiger partial charge in [0.1, 0.15) is 24.7 Å². The Labute approximate surface area is 316 Å². The fourth-order valence-electron chi connectivity index (χ4n) is 6.58. The van der Waals surface area contributed by atoms with Crippen molar-refractivity contribution in [1.29, 1.82) is 0 Å². The van der Waals surface area contributed by atoms with Crippen molar-refractivity contribution >= 4 is 35.1 Å². The van der Waals surface area contributed by atoms with Gasteiger partial charge in [0.05, 0.1) is 22.6 Å². The molecule has 0 radical (unpaired) electrons. The van der Waals surface area contributed by atoms with Gasteiger partial charge >= 0.3 is 5.97 Å². The third-order valence-electron chi connectivity index (χ3n) is 9.63. The van der Waals surface area contributed by atoms with Gasteiger partial charge in [0.25, 0.3) is 0 Å². The van der Waals surface area contributed by atoms with Gasteiger partial charge in [0.2, 0.25) is 5.91 Å². The van der Waals surface area contributed by atoms with Gasteiger partial charge in [-0.1, -0.05) is 41.4 Å². The predicted octanol–water partition coefficient (Wildman–Crippen LogP) is 6.83. The number of piperidine rings is 1. The largest absolute Gasteiger partial charge is 0.493 e.